The van der Waals surface area contributed by atoms with Crippen LogP contribution in [0.15, 0.2) is 6.07 Å². The van der Waals surface area contributed by atoms with Gasteiger partial charge in [-0.15, -0.1) is 0 Å². The van der Waals surface area contributed by atoms with Gasteiger partial charge in [-0.1, -0.05) is 0 Å². The first-order valence-corrected chi connectivity index (χ1v) is 6.81. The largest absolute Gasteiger partial charge is 0.481 e. The molecule has 0 atom stereocenters. The molecule has 1 amide bonds. The molecular weight excluding hydrogens is 320 g/mol. The number of amides is 1. The van der Waals surface area contributed by atoms with Gasteiger partial charge in [-0.2, -0.15) is 15.1 Å². The first kappa shape index (κ1) is 17.1. The van der Waals surface area contributed by atoms with Crippen molar-refractivity contribution in [2.45, 2.75) is 20.4 Å². The van der Waals surface area contributed by atoms with Gasteiger partial charge in [-0.25, -0.2) is 0 Å². The van der Waals surface area contributed by atoms with Crippen molar-refractivity contribution < 1.29 is 19.2 Å². The number of aromatic nitrogens is 4. The third kappa shape index (κ3) is 3.56. The Bertz CT molecular complexity index is 765. The van der Waals surface area contributed by atoms with Crippen LogP contribution >= 0.6 is 0 Å². The minimum atomic E-state index is -0.526. The van der Waals surface area contributed by atoms with Crippen molar-refractivity contribution in [3.8, 4) is 11.8 Å². The van der Waals surface area contributed by atoms with Crippen LogP contribution in [-0.4, -0.2) is 44.8 Å². The van der Waals surface area contributed by atoms with E-state index in [-0.39, 0.29) is 41.3 Å². The Kier molecular flexibility index (Phi) is 4.92. The molecule has 0 saturated carbocycles. The Balaban J connectivity index is 2.17. The average molecular weight is 336 g/mol. The maximum absolute atomic E-state index is 12.1. The summed E-state index contributed by atoms with van der Waals surface area (Å²) in [5, 5.41) is 17.5. The van der Waals surface area contributed by atoms with Crippen molar-refractivity contribution in [1.29, 1.82) is 0 Å². The summed E-state index contributed by atoms with van der Waals surface area (Å²) in [4.78, 5) is 30.5. The van der Waals surface area contributed by atoms with Crippen LogP contribution in [0.4, 0.5) is 11.6 Å². The Morgan fingerprint density at radius 1 is 1.29 bits per heavy atom. The highest BCUT2D eigenvalue weighted by Crippen LogP contribution is 2.22. The number of carbonyl (C=O) groups is 1. The lowest BCUT2D eigenvalue weighted by Gasteiger charge is -2.08. The van der Waals surface area contributed by atoms with E-state index in [1.807, 2.05) is 0 Å². The molecule has 128 valence electrons. The summed E-state index contributed by atoms with van der Waals surface area (Å²) in [7, 11) is 2.84. The highest BCUT2D eigenvalue weighted by atomic mass is 16.6. The second kappa shape index (κ2) is 6.89. The molecule has 0 bridgehead atoms. The number of hydrogen-bond acceptors (Lipinski definition) is 8. The molecule has 0 aliphatic rings. The molecule has 2 rings (SSSR count). The fourth-order valence-corrected chi connectivity index (χ4v) is 2.07. The number of rotatable bonds is 6. The number of nitro groups is 1. The second-order valence-corrected chi connectivity index (χ2v) is 4.76. The third-order valence-electron chi connectivity index (χ3n) is 3.17. The van der Waals surface area contributed by atoms with E-state index in [1.165, 1.54) is 38.8 Å². The predicted octanol–water partition coefficient (Wildman–Crippen LogP) is 0.854. The van der Waals surface area contributed by atoms with Crippen molar-refractivity contribution in [3.63, 3.8) is 0 Å². The monoisotopic (exact) mass is 336 g/mol. The van der Waals surface area contributed by atoms with Crippen molar-refractivity contribution in [3.05, 3.63) is 27.6 Å². The van der Waals surface area contributed by atoms with Gasteiger partial charge in [0.05, 0.1) is 25.2 Å². The summed E-state index contributed by atoms with van der Waals surface area (Å²) in [5.74, 6) is -0.0594. The van der Waals surface area contributed by atoms with E-state index in [0.717, 1.165) is 0 Å². The zero-order valence-electron chi connectivity index (χ0n) is 13.6. The minimum Gasteiger partial charge on any atom is -0.481 e. The predicted molar refractivity (Wildman–Crippen MR) is 82.1 cm³/mol. The molecule has 0 spiro atoms. The average Bonchev–Trinajstić information content (AvgIpc) is 2.80. The lowest BCUT2D eigenvalue weighted by Crippen LogP contribution is -2.21. The van der Waals surface area contributed by atoms with Gasteiger partial charge in [-0.3, -0.25) is 24.9 Å². The van der Waals surface area contributed by atoms with Crippen LogP contribution in [0.1, 0.15) is 11.4 Å². The standard InChI is InChI=1S/C13H16N6O5/c1-7-12(19(21)22)8(2)18(17-7)6-9(20)14-13-15-10(23-3)5-11(16-13)24-4/h5H,6H2,1-4H3,(H,14,15,16,20). The number of ether oxygens (including phenoxy) is 2. The van der Waals surface area contributed by atoms with Crippen LogP contribution in [0, 0.1) is 24.0 Å². The van der Waals surface area contributed by atoms with E-state index in [2.05, 4.69) is 20.4 Å². The van der Waals surface area contributed by atoms with Crippen LogP contribution < -0.4 is 14.8 Å². The number of carbonyl (C=O) groups excluding carboxylic acids is 1. The van der Waals surface area contributed by atoms with Gasteiger partial charge in [0.1, 0.15) is 17.9 Å². The van der Waals surface area contributed by atoms with Gasteiger partial charge in [0.15, 0.2) is 0 Å². The number of nitrogens with one attached hydrogen (secondary N) is 1. The molecule has 2 aromatic rings. The van der Waals surface area contributed by atoms with Gasteiger partial charge in [0.2, 0.25) is 23.6 Å². The molecule has 11 nitrogen and oxygen atoms in total. The normalized spacial score (nSPS) is 10.3. The maximum Gasteiger partial charge on any atom is 0.312 e. The van der Waals surface area contributed by atoms with E-state index in [9.17, 15) is 14.9 Å². The lowest BCUT2D eigenvalue weighted by atomic mass is 10.3. The zero-order valence-corrected chi connectivity index (χ0v) is 13.6. The second-order valence-electron chi connectivity index (χ2n) is 4.76. The molecule has 0 unspecified atom stereocenters. The number of anilines is 1. The Hall–Kier alpha value is -3.24. The number of nitrogens with zero attached hydrogens (tertiary/aromatic N) is 5. The SMILES string of the molecule is COc1cc(OC)nc(NC(=O)Cn2nc(C)c([N+](=O)[O-])c2C)n1. The molecule has 0 fully saturated rings. The van der Waals surface area contributed by atoms with Crippen molar-refractivity contribution in [2.75, 3.05) is 19.5 Å². The van der Waals surface area contributed by atoms with Gasteiger partial charge in [0.25, 0.3) is 0 Å². The zero-order chi connectivity index (χ0) is 17.9. The molecule has 0 aliphatic carbocycles. The summed E-state index contributed by atoms with van der Waals surface area (Å²) < 4.78 is 11.2. The molecule has 2 heterocycles. The van der Waals surface area contributed by atoms with E-state index in [0.29, 0.717) is 0 Å². The summed E-state index contributed by atoms with van der Waals surface area (Å²) >= 11 is 0. The highest BCUT2D eigenvalue weighted by Gasteiger charge is 2.23. The molecule has 0 aromatic carbocycles. The summed E-state index contributed by atoms with van der Waals surface area (Å²) in [5.41, 5.74) is 0.420. The summed E-state index contributed by atoms with van der Waals surface area (Å²) in [6.07, 6.45) is 0. The molecule has 0 radical (unpaired) electrons. The van der Waals surface area contributed by atoms with E-state index < -0.39 is 10.8 Å². The van der Waals surface area contributed by atoms with E-state index in [4.69, 9.17) is 9.47 Å². The molecule has 1 N–H and O–H groups in total. The fraction of sp³-hybridized carbons (Fsp3) is 0.385. The highest BCUT2D eigenvalue weighted by molar-refractivity contribution is 5.88. The lowest BCUT2D eigenvalue weighted by molar-refractivity contribution is -0.386. The van der Waals surface area contributed by atoms with Crippen LogP contribution in [-0.2, 0) is 11.3 Å². The molecule has 24 heavy (non-hydrogen) atoms. The molecule has 11 heteroatoms. The third-order valence-corrected chi connectivity index (χ3v) is 3.17. The molecule has 0 saturated heterocycles. The molecule has 0 aliphatic heterocycles. The fourth-order valence-electron chi connectivity index (χ4n) is 2.07. The van der Waals surface area contributed by atoms with Gasteiger partial charge >= 0.3 is 5.69 Å². The van der Waals surface area contributed by atoms with Gasteiger partial charge in [0, 0.05) is 0 Å². The van der Waals surface area contributed by atoms with Crippen LogP contribution in [0.3, 0.4) is 0 Å². The smallest absolute Gasteiger partial charge is 0.312 e. The quantitative estimate of drug-likeness (QED) is 0.606. The Morgan fingerprint density at radius 3 is 2.33 bits per heavy atom. The van der Waals surface area contributed by atoms with Crippen LogP contribution in [0.2, 0.25) is 0 Å². The van der Waals surface area contributed by atoms with Gasteiger partial charge in [-0.05, 0) is 13.8 Å². The van der Waals surface area contributed by atoms with E-state index in [1.54, 1.807) is 0 Å². The number of hydrogen-bond donors (Lipinski definition) is 1. The molecule has 2 aromatic heterocycles. The van der Waals surface area contributed by atoms with Crippen molar-refractivity contribution in [2.24, 2.45) is 0 Å². The number of aryl methyl sites for hydroxylation is 1. The number of methoxy groups -OCH3 is 2. The first-order chi connectivity index (χ1) is 11.3. The van der Waals surface area contributed by atoms with Crippen molar-refractivity contribution in [1.82, 2.24) is 19.7 Å². The van der Waals surface area contributed by atoms with Crippen molar-refractivity contribution >= 4 is 17.5 Å². The van der Waals surface area contributed by atoms with Crippen LogP contribution in [0.5, 0.6) is 11.8 Å². The maximum atomic E-state index is 12.1. The minimum absolute atomic E-state index is 0.00719. The Morgan fingerprint density at radius 2 is 1.88 bits per heavy atom. The van der Waals surface area contributed by atoms with Crippen LogP contribution in [0.25, 0.3) is 0 Å². The Labute approximate surface area is 136 Å². The summed E-state index contributed by atoms with van der Waals surface area (Å²) in [6, 6.07) is 1.46. The van der Waals surface area contributed by atoms with Gasteiger partial charge < -0.3 is 9.47 Å². The topological polar surface area (TPSA) is 134 Å². The summed E-state index contributed by atoms with van der Waals surface area (Å²) in [6.45, 7) is 2.81. The van der Waals surface area contributed by atoms with E-state index >= 15 is 0 Å². The molecular formula is C13H16N6O5. The first-order valence-electron chi connectivity index (χ1n) is 6.81.